The summed E-state index contributed by atoms with van der Waals surface area (Å²) >= 11 is 0. The molecule has 2 fully saturated rings. The molecule has 2 amide bonds. The van der Waals surface area contributed by atoms with Crippen LogP contribution in [-0.4, -0.2) is 60.5 Å². The van der Waals surface area contributed by atoms with E-state index >= 15 is 0 Å². The standard InChI is InChI=1S/C19H26N2O3/c1-2-15-6-8-16(9-7-15)18(22)21-10-4-3-5-17(21)19(23)20-11-13-24-14-12-20/h6-9,17H,2-5,10-14H2,1H3/t17-/m1/s1. The predicted molar refractivity (Wildman–Crippen MR) is 91.9 cm³/mol. The minimum atomic E-state index is -0.324. The van der Waals surface area contributed by atoms with Gasteiger partial charge in [0, 0.05) is 25.2 Å². The highest BCUT2D eigenvalue weighted by Gasteiger charge is 2.35. The summed E-state index contributed by atoms with van der Waals surface area (Å²) in [5.74, 6) is 0.0560. The Morgan fingerprint density at radius 3 is 2.46 bits per heavy atom. The van der Waals surface area contributed by atoms with Crippen molar-refractivity contribution in [3.05, 3.63) is 35.4 Å². The number of carbonyl (C=O) groups excluding carboxylic acids is 2. The van der Waals surface area contributed by atoms with Gasteiger partial charge in [0.1, 0.15) is 6.04 Å². The number of nitrogens with zero attached hydrogens (tertiary/aromatic N) is 2. The van der Waals surface area contributed by atoms with Crippen molar-refractivity contribution in [3.63, 3.8) is 0 Å². The Bertz CT molecular complexity index is 579. The molecule has 0 unspecified atom stereocenters. The molecule has 0 bridgehead atoms. The largest absolute Gasteiger partial charge is 0.378 e. The highest BCUT2D eigenvalue weighted by atomic mass is 16.5. The molecule has 5 nitrogen and oxygen atoms in total. The molecule has 2 heterocycles. The first-order valence-electron chi connectivity index (χ1n) is 8.97. The Morgan fingerprint density at radius 1 is 1.08 bits per heavy atom. The van der Waals surface area contributed by atoms with Crippen LogP contribution in [0.1, 0.15) is 42.1 Å². The summed E-state index contributed by atoms with van der Waals surface area (Å²) in [7, 11) is 0. The molecule has 1 aromatic rings. The van der Waals surface area contributed by atoms with Crippen LogP contribution in [-0.2, 0) is 16.0 Å². The summed E-state index contributed by atoms with van der Waals surface area (Å²) < 4.78 is 5.33. The van der Waals surface area contributed by atoms with Crippen LogP contribution in [0.15, 0.2) is 24.3 Å². The van der Waals surface area contributed by atoms with Crippen LogP contribution < -0.4 is 0 Å². The lowest BCUT2D eigenvalue weighted by Gasteiger charge is -2.38. The second-order valence-electron chi connectivity index (χ2n) is 6.50. The summed E-state index contributed by atoms with van der Waals surface area (Å²) in [6, 6.07) is 7.43. The molecule has 2 aliphatic rings. The van der Waals surface area contributed by atoms with E-state index in [0.29, 0.717) is 38.4 Å². The number of hydrogen-bond acceptors (Lipinski definition) is 3. The summed E-state index contributed by atoms with van der Waals surface area (Å²) in [4.78, 5) is 29.4. The van der Waals surface area contributed by atoms with E-state index in [1.807, 2.05) is 29.2 Å². The van der Waals surface area contributed by atoms with E-state index in [2.05, 4.69) is 6.92 Å². The lowest BCUT2D eigenvalue weighted by molar-refractivity contribution is -0.141. The predicted octanol–water partition coefficient (Wildman–Crippen LogP) is 2.10. The number of morpholine rings is 1. The average Bonchev–Trinajstić information content (AvgIpc) is 2.67. The summed E-state index contributed by atoms with van der Waals surface area (Å²) in [6.45, 7) is 5.19. The molecular weight excluding hydrogens is 304 g/mol. The van der Waals surface area contributed by atoms with Crippen LogP contribution in [0.2, 0.25) is 0 Å². The monoisotopic (exact) mass is 330 g/mol. The number of carbonyl (C=O) groups is 2. The number of rotatable bonds is 3. The molecule has 1 aromatic carbocycles. The normalized spacial score (nSPS) is 21.6. The molecule has 0 aliphatic carbocycles. The van der Waals surface area contributed by atoms with Crippen LogP contribution in [0.3, 0.4) is 0 Å². The molecule has 0 aromatic heterocycles. The van der Waals surface area contributed by atoms with E-state index in [1.54, 1.807) is 4.90 Å². The first-order valence-corrected chi connectivity index (χ1v) is 8.97. The number of hydrogen-bond donors (Lipinski definition) is 0. The Kier molecular flexibility index (Phi) is 5.51. The van der Waals surface area contributed by atoms with Crippen LogP contribution in [0.5, 0.6) is 0 Å². The van der Waals surface area contributed by atoms with E-state index in [-0.39, 0.29) is 17.9 Å². The number of amides is 2. The number of ether oxygens (including phenoxy) is 1. The van der Waals surface area contributed by atoms with Gasteiger partial charge in [-0.3, -0.25) is 9.59 Å². The molecule has 2 saturated heterocycles. The van der Waals surface area contributed by atoms with Gasteiger partial charge in [-0.15, -0.1) is 0 Å². The Labute approximate surface area is 143 Å². The zero-order chi connectivity index (χ0) is 16.9. The molecule has 0 N–H and O–H groups in total. The van der Waals surface area contributed by atoms with Gasteiger partial charge in [-0.05, 0) is 43.4 Å². The lowest BCUT2D eigenvalue weighted by Crippen LogP contribution is -2.55. The zero-order valence-electron chi connectivity index (χ0n) is 14.4. The van der Waals surface area contributed by atoms with Crippen molar-refractivity contribution in [2.45, 2.75) is 38.6 Å². The third kappa shape index (κ3) is 3.61. The maximum Gasteiger partial charge on any atom is 0.254 e. The average molecular weight is 330 g/mol. The molecule has 0 saturated carbocycles. The van der Waals surface area contributed by atoms with Crippen molar-refractivity contribution in [1.29, 1.82) is 0 Å². The van der Waals surface area contributed by atoms with Crippen molar-refractivity contribution in [1.82, 2.24) is 9.80 Å². The molecule has 3 rings (SSSR count). The van der Waals surface area contributed by atoms with Crippen molar-refractivity contribution in [2.24, 2.45) is 0 Å². The fraction of sp³-hybridized carbons (Fsp3) is 0.579. The molecule has 1 atom stereocenters. The molecule has 2 aliphatic heterocycles. The maximum absolute atomic E-state index is 12.9. The fourth-order valence-electron chi connectivity index (χ4n) is 3.47. The second-order valence-corrected chi connectivity index (χ2v) is 6.50. The van der Waals surface area contributed by atoms with Gasteiger partial charge in [0.15, 0.2) is 0 Å². The van der Waals surface area contributed by atoms with Crippen molar-refractivity contribution >= 4 is 11.8 Å². The van der Waals surface area contributed by atoms with Gasteiger partial charge in [0.25, 0.3) is 5.91 Å². The van der Waals surface area contributed by atoms with Crippen LogP contribution >= 0.6 is 0 Å². The second kappa shape index (κ2) is 7.79. The van der Waals surface area contributed by atoms with Crippen molar-refractivity contribution in [3.8, 4) is 0 Å². The van der Waals surface area contributed by atoms with Gasteiger partial charge < -0.3 is 14.5 Å². The molecule has 0 radical (unpaired) electrons. The lowest BCUT2D eigenvalue weighted by atomic mass is 9.99. The highest BCUT2D eigenvalue weighted by molar-refractivity contribution is 5.97. The first kappa shape index (κ1) is 17.0. The third-order valence-corrected chi connectivity index (χ3v) is 4.98. The Morgan fingerprint density at radius 2 is 1.79 bits per heavy atom. The summed E-state index contributed by atoms with van der Waals surface area (Å²) in [5, 5.41) is 0. The van der Waals surface area contributed by atoms with Crippen LogP contribution in [0.25, 0.3) is 0 Å². The fourth-order valence-corrected chi connectivity index (χ4v) is 3.47. The topological polar surface area (TPSA) is 49.9 Å². The maximum atomic E-state index is 12.9. The Balaban J connectivity index is 1.75. The minimum absolute atomic E-state index is 0.0241. The van der Waals surface area contributed by atoms with Crippen LogP contribution in [0, 0.1) is 0 Å². The first-order chi connectivity index (χ1) is 11.7. The summed E-state index contributed by atoms with van der Waals surface area (Å²) in [5.41, 5.74) is 1.89. The van der Waals surface area contributed by atoms with E-state index in [9.17, 15) is 9.59 Å². The number of benzene rings is 1. The molecular formula is C19H26N2O3. The smallest absolute Gasteiger partial charge is 0.254 e. The number of likely N-dealkylation sites (tertiary alicyclic amines) is 1. The Hall–Kier alpha value is -1.88. The summed E-state index contributed by atoms with van der Waals surface area (Å²) in [6.07, 6.45) is 3.68. The van der Waals surface area contributed by atoms with E-state index in [4.69, 9.17) is 4.74 Å². The van der Waals surface area contributed by atoms with Crippen molar-refractivity contribution < 1.29 is 14.3 Å². The highest BCUT2D eigenvalue weighted by Crippen LogP contribution is 2.22. The van der Waals surface area contributed by atoms with E-state index in [1.165, 1.54) is 5.56 Å². The zero-order valence-corrected chi connectivity index (χ0v) is 14.4. The van der Waals surface area contributed by atoms with Gasteiger partial charge >= 0.3 is 0 Å². The molecule has 130 valence electrons. The van der Waals surface area contributed by atoms with Gasteiger partial charge in [0.2, 0.25) is 5.91 Å². The number of aryl methyl sites for hydroxylation is 1. The SMILES string of the molecule is CCc1ccc(C(=O)N2CCCC[C@@H]2C(=O)N2CCOCC2)cc1. The third-order valence-electron chi connectivity index (χ3n) is 4.98. The van der Waals surface area contributed by atoms with Gasteiger partial charge in [-0.2, -0.15) is 0 Å². The van der Waals surface area contributed by atoms with E-state index in [0.717, 1.165) is 25.7 Å². The molecule has 24 heavy (non-hydrogen) atoms. The molecule has 5 heteroatoms. The number of piperidine rings is 1. The van der Waals surface area contributed by atoms with Crippen LogP contribution in [0.4, 0.5) is 0 Å². The van der Waals surface area contributed by atoms with E-state index < -0.39 is 0 Å². The van der Waals surface area contributed by atoms with Gasteiger partial charge in [0.05, 0.1) is 13.2 Å². The molecule has 0 spiro atoms. The quantitative estimate of drug-likeness (QED) is 0.853. The van der Waals surface area contributed by atoms with Crippen molar-refractivity contribution in [2.75, 3.05) is 32.8 Å². The van der Waals surface area contributed by atoms with Gasteiger partial charge in [-0.1, -0.05) is 19.1 Å². The minimum Gasteiger partial charge on any atom is -0.378 e. The van der Waals surface area contributed by atoms with Gasteiger partial charge in [-0.25, -0.2) is 0 Å².